The fourth-order valence-electron chi connectivity index (χ4n) is 3.67. The van der Waals surface area contributed by atoms with E-state index in [2.05, 4.69) is 44.0 Å². The van der Waals surface area contributed by atoms with Crippen molar-refractivity contribution in [3.05, 3.63) is 65.3 Å². The fraction of sp³-hybridized carbons (Fsp3) is 0.318. The summed E-state index contributed by atoms with van der Waals surface area (Å²) in [6, 6.07) is 18.2. The van der Waals surface area contributed by atoms with Crippen molar-refractivity contribution >= 4 is 32.5 Å². The SMILES string of the molecule is OC(COc1ccc2cc(Br)ccc2c1)C[NH+]1CCN(c2ccccn2)CC1. The third kappa shape index (κ3) is 4.82. The van der Waals surface area contributed by atoms with Crippen LogP contribution in [0.15, 0.2) is 65.3 Å². The molecule has 1 saturated heterocycles. The summed E-state index contributed by atoms with van der Waals surface area (Å²) in [7, 11) is 0. The first-order valence-electron chi connectivity index (χ1n) is 9.67. The van der Waals surface area contributed by atoms with Gasteiger partial charge in [0.05, 0.1) is 26.2 Å². The maximum absolute atomic E-state index is 10.4. The number of pyridine rings is 1. The molecule has 1 aliphatic rings. The van der Waals surface area contributed by atoms with E-state index in [1.807, 2.05) is 42.6 Å². The predicted molar refractivity (Wildman–Crippen MR) is 115 cm³/mol. The number of fused-ring (bicyclic) bond motifs is 1. The highest BCUT2D eigenvalue weighted by Crippen LogP contribution is 2.24. The minimum absolute atomic E-state index is 0.315. The highest BCUT2D eigenvalue weighted by atomic mass is 79.9. The van der Waals surface area contributed by atoms with Gasteiger partial charge in [0.15, 0.2) is 0 Å². The zero-order valence-electron chi connectivity index (χ0n) is 15.7. The molecule has 2 aromatic carbocycles. The van der Waals surface area contributed by atoms with E-state index in [-0.39, 0.29) is 0 Å². The maximum Gasteiger partial charge on any atom is 0.137 e. The number of aliphatic hydroxyl groups is 1. The Morgan fingerprint density at radius 3 is 2.64 bits per heavy atom. The first-order valence-corrected chi connectivity index (χ1v) is 10.5. The molecule has 28 heavy (non-hydrogen) atoms. The monoisotopic (exact) mass is 442 g/mol. The van der Waals surface area contributed by atoms with Crippen LogP contribution in [-0.4, -0.2) is 55.5 Å². The van der Waals surface area contributed by atoms with Crippen LogP contribution in [0.4, 0.5) is 5.82 Å². The molecule has 6 heteroatoms. The Morgan fingerprint density at radius 1 is 1.07 bits per heavy atom. The molecule has 0 bridgehead atoms. The summed E-state index contributed by atoms with van der Waals surface area (Å²) in [5, 5.41) is 12.7. The van der Waals surface area contributed by atoms with E-state index in [1.54, 1.807) is 0 Å². The summed E-state index contributed by atoms with van der Waals surface area (Å²) in [6.07, 6.45) is 1.36. The number of piperazine rings is 1. The van der Waals surface area contributed by atoms with Gasteiger partial charge in [-0.1, -0.05) is 34.1 Å². The molecular formula is C22H25BrN3O2+. The molecule has 1 atom stereocenters. The van der Waals surface area contributed by atoms with Crippen LogP contribution in [0.25, 0.3) is 10.8 Å². The quantitative estimate of drug-likeness (QED) is 0.613. The zero-order chi connectivity index (χ0) is 19.3. The Balaban J connectivity index is 1.25. The molecule has 0 amide bonds. The molecule has 3 aromatic rings. The van der Waals surface area contributed by atoms with Gasteiger partial charge in [-0.2, -0.15) is 0 Å². The van der Waals surface area contributed by atoms with Gasteiger partial charge in [0, 0.05) is 10.7 Å². The molecule has 1 unspecified atom stereocenters. The first-order chi connectivity index (χ1) is 13.7. The van der Waals surface area contributed by atoms with Gasteiger partial charge >= 0.3 is 0 Å². The van der Waals surface area contributed by atoms with E-state index in [0.29, 0.717) is 13.2 Å². The van der Waals surface area contributed by atoms with E-state index in [9.17, 15) is 5.11 Å². The second-order valence-electron chi connectivity index (χ2n) is 7.25. The highest BCUT2D eigenvalue weighted by Gasteiger charge is 2.23. The highest BCUT2D eigenvalue weighted by molar-refractivity contribution is 9.10. The van der Waals surface area contributed by atoms with Crippen molar-refractivity contribution < 1.29 is 14.7 Å². The third-order valence-electron chi connectivity index (χ3n) is 5.18. The molecule has 0 aliphatic carbocycles. The molecule has 5 nitrogen and oxygen atoms in total. The van der Waals surface area contributed by atoms with Gasteiger partial charge in [-0.15, -0.1) is 0 Å². The number of benzene rings is 2. The van der Waals surface area contributed by atoms with Crippen LogP contribution in [0.3, 0.4) is 0 Å². The summed E-state index contributed by atoms with van der Waals surface area (Å²) < 4.78 is 6.91. The van der Waals surface area contributed by atoms with Gasteiger partial charge in [0.25, 0.3) is 0 Å². The van der Waals surface area contributed by atoms with E-state index < -0.39 is 6.10 Å². The molecule has 2 heterocycles. The molecule has 1 aromatic heterocycles. The minimum atomic E-state index is -0.475. The number of quaternary nitrogens is 1. The summed E-state index contributed by atoms with van der Waals surface area (Å²) >= 11 is 3.49. The number of anilines is 1. The number of nitrogens with one attached hydrogen (secondary N) is 1. The summed E-state index contributed by atoms with van der Waals surface area (Å²) in [5.74, 6) is 1.83. The van der Waals surface area contributed by atoms with E-state index >= 15 is 0 Å². The summed E-state index contributed by atoms with van der Waals surface area (Å²) in [4.78, 5) is 8.14. The molecule has 146 valence electrons. The number of ether oxygens (including phenoxy) is 1. The number of aliphatic hydroxyl groups excluding tert-OH is 1. The van der Waals surface area contributed by atoms with Crippen LogP contribution in [-0.2, 0) is 0 Å². The van der Waals surface area contributed by atoms with Gasteiger partial charge in [0.2, 0.25) is 0 Å². The largest absolute Gasteiger partial charge is 0.491 e. The van der Waals surface area contributed by atoms with Crippen molar-refractivity contribution in [1.82, 2.24) is 4.98 Å². The molecular weight excluding hydrogens is 418 g/mol. The molecule has 0 saturated carbocycles. The standard InChI is InChI=1S/C22H24BrN3O2/c23-19-6-4-18-14-21(7-5-17(18)13-19)28-16-20(27)15-25-9-11-26(12-10-25)22-3-1-2-8-24-22/h1-8,13-14,20,27H,9-12,15-16H2/p+1. The number of rotatable bonds is 6. The van der Waals surface area contributed by atoms with Crippen LogP contribution < -0.4 is 14.5 Å². The van der Waals surface area contributed by atoms with Crippen molar-refractivity contribution in [2.45, 2.75) is 6.10 Å². The molecule has 1 fully saturated rings. The minimum Gasteiger partial charge on any atom is -0.491 e. The van der Waals surface area contributed by atoms with E-state index in [4.69, 9.17) is 4.74 Å². The van der Waals surface area contributed by atoms with Crippen molar-refractivity contribution in [3.8, 4) is 5.75 Å². The van der Waals surface area contributed by atoms with Crippen molar-refractivity contribution in [1.29, 1.82) is 0 Å². The smallest absolute Gasteiger partial charge is 0.137 e. The molecule has 2 N–H and O–H groups in total. The number of hydrogen-bond acceptors (Lipinski definition) is 4. The van der Waals surface area contributed by atoms with Crippen LogP contribution in [0.5, 0.6) is 5.75 Å². The number of hydrogen-bond donors (Lipinski definition) is 2. The molecule has 0 radical (unpaired) electrons. The molecule has 1 aliphatic heterocycles. The van der Waals surface area contributed by atoms with Crippen LogP contribution in [0.1, 0.15) is 0 Å². The number of aromatic nitrogens is 1. The third-order valence-corrected chi connectivity index (χ3v) is 5.68. The Morgan fingerprint density at radius 2 is 1.86 bits per heavy atom. The lowest BCUT2D eigenvalue weighted by molar-refractivity contribution is -0.903. The number of nitrogens with zero attached hydrogens (tertiary/aromatic N) is 2. The Labute approximate surface area is 173 Å². The first kappa shape index (κ1) is 19.2. The lowest BCUT2D eigenvalue weighted by Crippen LogP contribution is -3.16. The Bertz CT molecular complexity index is 914. The zero-order valence-corrected chi connectivity index (χ0v) is 17.3. The predicted octanol–water partition coefficient (Wildman–Crippen LogP) is 2.14. The topological polar surface area (TPSA) is 50.0 Å². The molecule has 4 rings (SSSR count). The van der Waals surface area contributed by atoms with E-state index in [1.165, 1.54) is 4.90 Å². The lowest BCUT2D eigenvalue weighted by atomic mass is 10.1. The molecule has 0 spiro atoms. The van der Waals surface area contributed by atoms with Gasteiger partial charge in [-0.3, -0.25) is 0 Å². The van der Waals surface area contributed by atoms with Crippen LogP contribution in [0, 0.1) is 0 Å². The van der Waals surface area contributed by atoms with Crippen molar-refractivity contribution in [2.75, 3.05) is 44.2 Å². The average Bonchev–Trinajstić information content (AvgIpc) is 2.73. The van der Waals surface area contributed by atoms with Gasteiger partial charge in [-0.05, 0) is 47.2 Å². The van der Waals surface area contributed by atoms with Gasteiger partial charge < -0.3 is 19.6 Å². The second kappa shape index (κ2) is 8.90. The van der Waals surface area contributed by atoms with Gasteiger partial charge in [0.1, 0.15) is 30.8 Å². The Hall–Kier alpha value is -2.15. The van der Waals surface area contributed by atoms with Crippen molar-refractivity contribution in [2.24, 2.45) is 0 Å². The average molecular weight is 443 g/mol. The maximum atomic E-state index is 10.4. The van der Waals surface area contributed by atoms with Crippen LogP contribution in [0.2, 0.25) is 0 Å². The fourth-order valence-corrected chi connectivity index (χ4v) is 4.04. The normalized spacial score (nSPS) is 16.3. The lowest BCUT2D eigenvalue weighted by Gasteiger charge is -2.33. The summed E-state index contributed by atoms with van der Waals surface area (Å²) in [6.45, 7) is 4.93. The van der Waals surface area contributed by atoms with Crippen molar-refractivity contribution in [3.63, 3.8) is 0 Å². The summed E-state index contributed by atoms with van der Waals surface area (Å²) in [5.41, 5.74) is 0. The Kier molecular flexibility index (Phi) is 6.10. The second-order valence-corrected chi connectivity index (χ2v) is 8.16. The van der Waals surface area contributed by atoms with E-state index in [0.717, 1.165) is 53.0 Å². The van der Waals surface area contributed by atoms with Gasteiger partial charge in [-0.25, -0.2) is 4.98 Å². The number of halogens is 1. The van der Waals surface area contributed by atoms with Crippen LogP contribution >= 0.6 is 15.9 Å².